The van der Waals surface area contributed by atoms with Gasteiger partial charge in [0.1, 0.15) is 0 Å². The topological polar surface area (TPSA) is 19.0 Å². The normalized spacial score (nSPS) is 11.3. The van der Waals surface area contributed by atoms with Gasteiger partial charge in [-0.25, -0.2) is 0 Å². The van der Waals surface area contributed by atoms with Crippen LogP contribution in [0.3, 0.4) is 0 Å². The Labute approximate surface area is 210 Å². The molecule has 1 N–H and O–H groups in total. The first-order valence-electron chi connectivity index (χ1n) is 12.3. The molecule has 170 valence electrons. The van der Waals surface area contributed by atoms with Gasteiger partial charge in [-0.3, -0.25) is 0 Å². The quantitative estimate of drug-likeness (QED) is 0.277. The Balaban J connectivity index is 1.46. The predicted molar refractivity (Wildman–Crippen MR) is 153 cm³/mol. The Hall–Kier alpha value is -4.82. The number of para-hydroxylation sites is 3. The Morgan fingerprint density at radius 1 is 0.417 bits per heavy atom. The van der Waals surface area contributed by atoms with E-state index < -0.39 is 0 Å². The van der Waals surface area contributed by atoms with Crippen LogP contribution in [0.4, 0.5) is 17.1 Å². The molecule has 0 aliphatic carbocycles. The fraction of sp³-hybridized carbons (Fsp3) is 0. The third kappa shape index (κ3) is 3.35. The molecule has 0 atom stereocenters. The van der Waals surface area contributed by atoms with Crippen LogP contribution in [0.15, 0.2) is 140 Å². The lowest BCUT2D eigenvalue weighted by Crippen LogP contribution is -2.09. The van der Waals surface area contributed by atoms with E-state index in [4.69, 9.17) is 0 Å². The molecule has 0 amide bonds. The van der Waals surface area contributed by atoms with Crippen molar-refractivity contribution in [1.29, 1.82) is 0 Å². The number of rotatable bonds is 4. The highest BCUT2D eigenvalue weighted by molar-refractivity contribution is 6.23. The van der Waals surface area contributed by atoms with Crippen molar-refractivity contribution in [3.05, 3.63) is 140 Å². The van der Waals surface area contributed by atoms with Crippen molar-refractivity contribution in [1.82, 2.24) is 4.98 Å². The van der Waals surface area contributed by atoms with E-state index in [1.165, 1.54) is 43.7 Å². The molecule has 2 nitrogen and oxygen atoms in total. The molecule has 0 spiro atoms. The van der Waals surface area contributed by atoms with Gasteiger partial charge in [-0.05, 0) is 70.4 Å². The van der Waals surface area contributed by atoms with E-state index in [0.29, 0.717) is 0 Å². The summed E-state index contributed by atoms with van der Waals surface area (Å²) in [6, 6.07) is 49.6. The molecule has 6 aromatic carbocycles. The highest BCUT2D eigenvalue weighted by Gasteiger charge is 2.16. The number of hydrogen-bond donors (Lipinski definition) is 1. The summed E-state index contributed by atoms with van der Waals surface area (Å²) in [6.07, 6.45) is 0. The summed E-state index contributed by atoms with van der Waals surface area (Å²) in [7, 11) is 0. The van der Waals surface area contributed by atoms with Gasteiger partial charge in [-0.2, -0.15) is 0 Å². The summed E-state index contributed by atoms with van der Waals surface area (Å²) in [5.41, 5.74) is 8.16. The van der Waals surface area contributed by atoms with Crippen LogP contribution in [0, 0.1) is 0 Å². The van der Waals surface area contributed by atoms with E-state index in [1.807, 2.05) is 0 Å². The monoisotopic (exact) mass is 460 g/mol. The molecule has 0 fully saturated rings. The van der Waals surface area contributed by atoms with Crippen LogP contribution >= 0.6 is 0 Å². The summed E-state index contributed by atoms with van der Waals surface area (Å²) >= 11 is 0. The number of hydrogen-bond acceptors (Lipinski definition) is 1. The molecule has 0 aliphatic heterocycles. The highest BCUT2D eigenvalue weighted by Crippen LogP contribution is 2.41. The molecule has 0 aliphatic rings. The van der Waals surface area contributed by atoms with Crippen LogP contribution in [0.2, 0.25) is 0 Å². The number of H-pyrrole nitrogens is 1. The number of fused-ring (bicyclic) bond motifs is 5. The molecule has 1 aromatic heterocycles. The van der Waals surface area contributed by atoms with Gasteiger partial charge in [0, 0.05) is 38.9 Å². The van der Waals surface area contributed by atoms with Crippen molar-refractivity contribution in [2.24, 2.45) is 0 Å². The fourth-order valence-electron chi connectivity index (χ4n) is 5.37. The predicted octanol–water partition coefficient (Wildman–Crippen LogP) is 9.61. The maximum absolute atomic E-state index is 3.66. The van der Waals surface area contributed by atoms with Crippen molar-refractivity contribution >= 4 is 49.6 Å². The van der Waals surface area contributed by atoms with Crippen LogP contribution < -0.4 is 4.90 Å². The summed E-state index contributed by atoms with van der Waals surface area (Å²) in [5, 5.41) is 5.09. The Morgan fingerprint density at radius 3 is 1.72 bits per heavy atom. The second-order valence-corrected chi connectivity index (χ2v) is 9.12. The van der Waals surface area contributed by atoms with Crippen molar-refractivity contribution in [3.8, 4) is 11.1 Å². The molecular formula is C34H24N2. The molecule has 0 bridgehead atoms. The van der Waals surface area contributed by atoms with Gasteiger partial charge >= 0.3 is 0 Å². The first-order chi connectivity index (χ1) is 17.9. The average molecular weight is 461 g/mol. The van der Waals surface area contributed by atoms with Crippen molar-refractivity contribution < 1.29 is 0 Å². The van der Waals surface area contributed by atoms with E-state index in [-0.39, 0.29) is 0 Å². The second kappa shape index (κ2) is 8.44. The molecule has 0 saturated heterocycles. The van der Waals surface area contributed by atoms with E-state index in [2.05, 4.69) is 149 Å². The third-order valence-electron chi connectivity index (χ3n) is 6.95. The van der Waals surface area contributed by atoms with Gasteiger partial charge in [0.2, 0.25) is 0 Å². The Kier molecular flexibility index (Phi) is 4.82. The van der Waals surface area contributed by atoms with E-state index in [0.717, 1.165) is 17.1 Å². The standard InChI is InChI=1S/C34H24N2/c1-3-13-25(14-4-1)36(26-15-5-2-6-16-26)27-17-11-12-24(22-27)31-23-33-34(29-19-8-7-18-28(29)31)30-20-9-10-21-32(30)35-33/h1-23,35H. The summed E-state index contributed by atoms with van der Waals surface area (Å²) in [6.45, 7) is 0. The zero-order chi connectivity index (χ0) is 23.9. The number of nitrogens with one attached hydrogen (secondary N) is 1. The molecular weight excluding hydrogens is 436 g/mol. The fourth-order valence-corrected chi connectivity index (χ4v) is 5.37. The van der Waals surface area contributed by atoms with Gasteiger partial charge in [-0.1, -0.05) is 91.0 Å². The minimum atomic E-state index is 1.13. The zero-order valence-corrected chi connectivity index (χ0v) is 19.7. The molecule has 36 heavy (non-hydrogen) atoms. The second-order valence-electron chi connectivity index (χ2n) is 9.12. The largest absolute Gasteiger partial charge is 0.354 e. The highest BCUT2D eigenvalue weighted by atomic mass is 15.1. The number of aromatic amines is 1. The van der Waals surface area contributed by atoms with Crippen molar-refractivity contribution in [2.75, 3.05) is 4.90 Å². The summed E-state index contributed by atoms with van der Waals surface area (Å²) in [5.74, 6) is 0. The molecule has 7 rings (SSSR count). The number of nitrogens with zero attached hydrogens (tertiary/aromatic N) is 1. The maximum Gasteiger partial charge on any atom is 0.0477 e. The van der Waals surface area contributed by atoms with Crippen LogP contribution in [0.1, 0.15) is 0 Å². The van der Waals surface area contributed by atoms with E-state index in [1.54, 1.807) is 0 Å². The third-order valence-corrected chi connectivity index (χ3v) is 6.95. The molecule has 0 unspecified atom stereocenters. The van der Waals surface area contributed by atoms with Gasteiger partial charge < -0.3 is 9.88 Å². The summed E-state index contributed by atoms with van der Waals surface area (Å²) < 4.78 is 0. The Bertz CT molecular complexity index is 1790. The summed E-state index contributed by atoms with van der Waals surface area (Å²) in [4.78, 5) is 5.97. The smallest absolute Gasteiger partial charge is 0.0477 e. The Morgan fingerprint density at radius 2 is 1.00 bits per heavy atom. The number of aromatic nitrogens is 1. The zero-order valence-electron chi connectivity index (χ0n) is 19.7. The molecule has 1 heterocycles. The minimum Gasteiger partial charge on any atom is -0.354 e. The van der Waals surface area contributed by atoms with E-state index >= 15 is 0 Å². The van der Waals surface area contributed by atoms with Crippen molar-refractivity contribution in [3.63, 3.8) is 0 Å². The van der Waals surface area contributed by atoms with Crippen LogP contribution in [-0.4, -0.2) is 4.98 Å². The maximum atomic E-state index is 3.66. The van der Waals surface area contributed by atoms with Crippen LogP contribution in [0.5, 0.6) is 0 Å². The van der Waals surface area contributed by atoms with Gasteiger partial charge in [0.15, 0.2) is 0 Å². The minimum absolute atomic E-state index is 1.13. The first kappa shape index (κ1) is 20.5. The van der Waals surface area contributed by atoms with Gasteiger partial charge in [0.05, 0.1) is 0 Å². The lowest BCUT2D eigenvalue weighted by atomic mass is 9.94. The lowest BCUT2D eigenvalue weighted by molar-refractivity contribution is 1.28. The first-order valence-corrected chi connectivity index (χ1v) is 12.3. The number of anilines is 3. The lowest BCUT2D eigenvalue weighted by Gasteiger charge is -2.26. The average Bonchev–Trinajstić information content (AvgIpc) is 3.33. The van der Waals surface area contributed by atoms with Crippen LogP contribution in [-0.2, 0) is 0 Å². The van der Waals surface area contributed by atoms with Gasteiger partial charge in [0.25, 0.3) is 0 Å². The SMILES string of the molecule is c1ccc(N(c2ccccc2)c2cccc(-c3cc4[nH]c5ccccc5c4c4ccccc34)c2)cc1. The molecule has 0 radical (unpaired) electrons. The van der Waals surface area contributed by atoms with Crippen molar-refractivity contribution in [2.45, 2.75) is 0 Å². The van der Waals surface area contributed by atoms with E-state index in [9.17, 15) is 0 Å². The van der Waals surface area contributed by atoms with Crippen LogP contribution in [0.25, 0.3) is 43.7 Å². The number of benzene rings is 6. The molecule has 2 heteroatoms. The van der Waals surface area contributed by atoms with Gasteiger partial charge in [-0.15, -0.1) is 0 Å². The molecule has 0 saturated carbocycles. The molecule has 7 aromatic rings.